The summed E-state index contributed by atoms with van der Waals surface area (Å²) >= 11 is 1.44. The summed E-state index contributed by atoms with van der Waals surface area (Å²) in [5, 5.41) is 3.74. The molecule has 5 nitrogen and oxygen atoms in total. The fraction of sp³-hybridized carbons (Fsp3) is 0.222. The maximum Gasteiger partial charge on any atom is 0.234 e. The number of aromatic nitrogens is 2. The molecular formula is C18H19N3O2S. The molecule has 3 aromatic rings. The van der Waals surface area contributed by atoms with Gasteiger partial charge in [0.2, 0.25) is 5.91 Å². The Morgan fingerprint density at radius 2 is 1.96 bits per heavy atom. The highest BCUT2D eigenvalue weighted by molar-refractivity contribution is 7.99. The summed E-state index contributed by atoms with van der Waals surface area (Å²) in [5.74, 6) is 0.859. The Hall–Kier alpha value is -2.47. The molecule has 1 heterocycles. The van der Waals surface area contributed by atoms with Crippen molar-refractivity contribution in [1.29, 1.82) is 0 Å². The van der Waals surface area contributed by atoms with E-state index in [1.54, 1.807) is 7.11 Å². The second-order valence-electron chi connectivity index (χ2n) is 5.16. The number of methoxy groups -OCH3 is 1. The van der Waals surface area contributed by atoms with Crippen LogP contribution in [0.25, 0.3) is 11.0 Å². The number of aryl methyl sites for hydroxylation is 1. The normalized spacial score (nSPS) is 10.8. The van der Waals surface area contributed by atoms with Crippen LogP contribution >= 0.6 is 11.8 Å². The Morgan fingerprint density at radius 3 is 2.75 bits per heavy atom. The first kappa shape index (κ1) is 16.4. The van der Waals surface area contributed by atoms with Gasteiger partial charge in [0.1, 0.15) is 5.75 Å². The van der Waals surface area contributed by atoms with Crippen LogP contribution in [0.4, 0.5) is 5.69 Å². The van der Waals surface area contributed by atoms with Gasteiger partial charge in [-0.15, -0.1) is 0 Å². The van der Waals surface area contributed by atoms with Crippen molar-refractivity contribution in [3.63, 3.8) is 0 Å². The molecule has 0 spiro atoms. The van der Waals surface area contributed by atoms with Crippen molar-refractivity contribution in [1.82, 2.24) is 9.55 Å². The fourth-order valence-electron chi connectivity index (χ4n) is 2.53. The smallest absolute Gasteiger partial charge is 0.234 e. The number of hydrogen-bond acceptors (Lipinski definition) is 4. The molecule has 0 aliphatic rings. The minimum atomic E-state index is -0.0841. The van der Waals surface area contributed by atoms with Crippen LogP contribution in [0.1, 0.15) is 6.92 Å². The number of nitrogens with zero attached hydrogens (tertiary/aromatic N) is 2. The van der Waals surface area contributed by atoms with Crippen molar-refractivity contribution in [3.05, 3.63) is 48.5 Å². The standard InChI is InChI=1S/C18H19N3O2S/c1-3-21-15-10-6-4-8-13(15)20-18(21)24-12-17(22)19-14-9-5-7-11-16(14)23-2/h4-11H,3,12H2,1-2H3,(H,19,22). The molecule has 0 unspecified atom stereocenters. The van der Waals surface area contributed by atoms with E-state index in [9.17, 15) is 4.79 Å². The number of nitrogens with one attached hydrogen (secondary N) is 1. The number of imidazole rings is 1. The molecule has 0 bridgehead atoms. The van der Waals surface area contributed by atoms with E-state index in [2.05, 4.69) is 21.8 Å². The minimum Gasteiger partial charge on any atom is -0.495 e. The number of fused-ring (bicyclic) bond motifs is 1. The van der Waals surface area contributed by atoms with Gasteiger partial charge in [-0.1, -0.05) is 36.0 Å². The summed E-state index contributed by atoms with van der Waals surface area (Å²) in [4.78, 5) is 16.9. The zero-order valence-corrected chi connectivity index (χ0v) is 14.5. The SMILES string of the molecule is CCn1c(SCC(=O)Nc2ccccc2OC)nc2ccccc21. The lowest BCUT2D eigenvalue weighted by Gasteiger charge is -2.10. The molecule has 2 aromatic carbocycles. The molecule has 3 rings (SSSR count). The van der Waals surface area contributed by atoms with E-state index in [0.29, 0.717) is 17.2 Å². The zero-order chi connectivity index (χ0) is 16.9. The van der Waals surface area contributed by atoms with Gasteiger partial charge in [-0.05, 0) is 31.2 Å². The van der Waals surface area contributed by atoms with Gasteiger partial charge in [0.15, 0.2) is 5.16 Å². The van der Waals surface area contributed by atoms with E-state index in [1.165, 1.54) is 11.8 Å². The van der Waals surface area contributed by atoms with Gasteiger partial charge in [0, 0.05) is 6.54 Å². The number of anilines is 1. The third kappa shape index (κ3) is 3.38. The van der Waals surface area contributed by atoms with Crippen molar-refractivity contribution >= 4 is 34.4 Å². The largest absolute Gasteiger partial charge is 0.495 e. The number of rotatable bonds is 6. The summed E-state index contributed by atoms with van der Waals surface area (Å²) < 4.78 is 7.37. The van der Waals surface area contributed by atoms with Gasteiger partial charge >= 0.3 is 0 Å². The van der Waals surface area contributed by atoms with Crippen LogP contribution in [-0.4, -0.2) is 28.3 Å². The van der Waals surface area contributed by atoms with Crippen LogP contribution in [0.5, 0.6) is 5.75 Å². The number of para-hydroxylation sites is 4. The second-order valence-corrected chi connectivity index (χ2v) is 6.11. The summed E-state index contributed by atoms with van der Waals surface area (Å²) in [7, 11) is 1.59. The molecule has 0 saturated carbocycles. The van der Waals surface area contributed by atoms with Gasteiger partial charge in [-0.25, -0.2) is 4.98 Å². The third-order valence-electron chi connectivity index (χ3n) is 3.65. The quantitative estimate of drug-likeness (QED) is 0.693. The van der Waals surface area contributed by atoms with E-state index in [0.717, 1.165) is 22.7 Å². The van der Waals surface area contributed by atoms with Crippen molar-refractivity contribution in [2.45, 2.75) is 18.6 Å². The number of thioether (sulfide) groups is 1. The summed E-state index contributed by atoms with van der Waals surface area (Å²) in [6.45, 7) is 2.89. The number of benzene rings is 2. The molecule has 0 radical (unpaired) electrons. The summed E-state index contributed by atoms with van der Waals surface area (Å²) in [5.41, 5.74) is 2.72. The van der Waals surface area contributed by atoms with Gasteiger partial charge in [0.05, 0.1) is 29.6 Å². The van der Waals surface area contributed by atoms with Crippen molar-refractivity contribution in [2.24, 2.45) is 0 Å². The molecule has 0 aliphatic heterocycles. The van der Waals surface area contributed by atoms with Crippen LogP contribution in [-0.2, 0) is 11.3 Å². The topological polar surface area (TPSA) is 56.2 Å². The third-order valence-corrected chi connectivity index (χ3v) is 4.63. The Labute approximate surface area is 145 Å². The highest BCUT2D eigenvalue weighted by Gasteiger charge is 2.12. The van der Waals surface area contributed by atoms with Crippen molar-refractivity contribution in [2.75, 3.05) is 18.2 Å². The lowest BCUT2D eigenvalue weighted by molar-refractivity contribution is -0.113. The van der Waals surface area contributed by atoms with Gasteiger partial charge in [-0.3, -0.25) is 4.79 Å². The molecule has 0 atom stereocenters. The van der Waals surface area contributed by atoms with Crippen LogP contribution in [0.3, 0.4) is 0 Å². The Balaban J connectivity index is 1.70. The van der Waals surface area contributed by atoms with Crippen LogP contribution in [0.2, 0.25) is 0 Å². The molecule has 124 valence electrons. The molecule has 1 amide bonds. The Bertz CT molecular complexity index is 860. The van der Waals surface area contributed by atoms with E-state index >= 15 is 0 Å². The predicted molar refractivity (Wildman–Crippen MR) is 97.8 cm³/mol. The van der Waals surface area contributed by atoms with E-state index in [-0.39, 0.29) is 5.91 Å². The van der Waals surface area contributed by atoms with E-state index in [4.69, 9.17) is 4.74 Å². The second kappa shape index (κ2) is 7.40. The Morgan fingerprint density at radius 1 is 1.21 bits per heavy atom. The predicted octanol–water partition coefficient (Wildman–Crippen LogP) is 3.80. The van der Waals surface area contributed by atoms with Crippen molar-refractivity contribution in [3.8, 4) is 5.75 Å². The van der Waals surface area contributed by atoms with Crippen LogP contribution in [0, 0.1) is 0 Å². The maximum absolute atomic E-state index is 12.2. The number of carbonyl (C=O) groups excluding carboxylic acids is 1. The summed E-state index contributed by atoms with van der Waals surface area (Å²) in [6, 6.07) is 15.4. The molecule has 6 heteroatoms. The van der Waals surface area contributed by atoms with Crippen LogP contribution < -0.4 is 10.1 Å². The summed E-state index contributed by atoms with van der Waals surface area (Å²) in [6.07, 6.45) is 0. The molecule has 1 N–H and O–H groups in total. The van der Waals surface area contributed by atoms with Crippen LogP contribution in [0.15, 0.2) is 53.7 Å². The molecule has 1 aromatic heterocycles. The van der Waals surface area contributed by atoms with E-state index < -0.39 is 0 Å². The maximum atomic E-state index is 12.2. The van der Waals surface area contributed by atoms with E-state index in [1.807, 2.05) is 48.5 Å². The van der Waals surface area contributed by atoms with Gasteiger partial charge < -0.3 is 14.6 Å². The monoisotopic (exact) mass is 341 g/mol. The number of carbonyl (C=O) groups is 1. The van der Waals surface area contributed by atoms with Crippen molar-refractivity contribution < 1.29 is 9.53 Å². The lowest BCUT2D eigenvalue weighted by Crippen LogP contribution is -2.15. The van der Waals surface area contributed by atoms with Gasteiger partial charge in [-0.2, -0.15) is 0 Å². The average molecular weight is 341 g/mol. The average Bonchev–Trinajstić information content (AvgIpc) is 2.98. The molecule has 0 aliphatic carbocycles. The highest BCUT2D eigenvalue weighted by Crippen LogP contribution is 2.26. The zero-order valence-electron chi connectivity index (χ0n) is 13.7. The number of hydrogen-bond donors (Lipinski definition) is 1. The lowest BCUT2D eigenvalue weighted by atomic mass is 10.3. The first-order valence-electron chi connectivity index (χ1n) is 7.74. The number of amides is 1. The van der Waals surface area contributed by atoms with Gasteiger partial charge in [0.25, 0.3) is 0 Å². The minimum absolute atomic E-state index is 0.0841. The highest BCUT2D eigenvalue weighted by atomic mass is 32.2. The molecule has 0 fully saturated rings. The first-order valence-corrected chi connectivity index (χ1v) is 8.72. The number of ether oxygens (including phenoxy) is 1. The fourth-order valence-corrected chi connectivity index (χ4v) is 3.41. The molecular weight excluding hydrogens is 322 g/mol. The molecule has 24 heavy (non-hydrogen) atoms. The Kier molecular flexibility index (Phi) is 5.05. The molecule has 0 saturated heterocycles. The first-order chi connectivity index (χ1) is 11.7.